The second-order valence-electron chi connectivity index (χ2n) is 4.58. The van der Waals surface area contributed by atoms with Gasteiger partial charge in [-0.1, -0.05) is 21.9 Å². The molecule has 0 bridgehead atoms. The van der Waals surface area contributed by atoms with Crippen LogP contribution in [0.4, 0.5) is 0 Å². The van der Waals surface area contributed by atoms with Crippen molar-refractivity contribution in [1.29, 1.82) is 0 Å². The van der Waals surface area contributed by atoms with Gasteiger partial charge in [0.1, 0.15) is 23.9 Å². The van der Waals surface area contributed by atoms with Crippen LogP contribution in [-0.2, 0) is 0 Å². The number of hydrogen-bond donors (Lipinski definition) is 3. The lowest BCUT2D eigenvalue weighted by Crippen LogP contribution is -2.17. The molecule has 3 N–H and O–H groups in total. The summed E-state index contributed by atoms with van der Waals surface area (Å²) in [4.78, 5) is 12.0. The van der Waals surface area contributed by atoms with Gasteiger partial charge in [-0.05, 0) is 30.3 Å². The van der Waals surface area contributed by atoms with Crippen molar-refractivity contribution in [3.63, 3.8) is 0 Å². The molecule has 2 rings (SSSR count). The van der Waals surface area contributed by atoms with Crippen LogP contribution in [0.2, 0.25) is 0 Å². The van der Waals surface area contributed by atoms with Gasteiger partial charge in [0.2, 0.25) is 0 Å². The number of amides is 1. The Hall–Kier alpha value is -2.98. The van der Waals surface area contributed by atoms with Gasteiger partial charge in [-0.15, -0.1) is 6.42 Å². The maximum absolute atomic E-state index is 12.0. The summed E-state index contributed by atoms with van der Waals surface area (Å²) in [6.07, 6.45) is 6.56. The molecule has 0 aromatic heterocycles. The number of hydrogen-bond acceptors (Lipinski definition) is 5. The van der Waals surface area contributed by atoms with E-state index in [0.29, 0.717) is 11.3 Å². The zero-order valence-corrected chi connectivity index (χ0v) is 13.9. The number of halogens is 1. The van der Waals surface area contributed by atoms with Crippen LogP contribution in [0.1, 0.15) is 15.9 Å². The van der Waals surface area contributed by atoms with Gasteiger partial charge >= 0.3 is 0 Å². The van der Waals surface area contributed by atoms with Crippen LogP contribution < -0.4 is 10.2 Å². The summed E-state index contributed by atoms with van der Waals surface area (Å²) in [5.41, 5.74) is 2.88. The molecule has 0 unspecified atom stereocenters. The number of carbonyl (C=O) groups excluding carboxylic acids is 1. The number of nitrogens with one attached hydrogen (secondary N) is 1. The Morgan fingerprint density at radius 1 is 1.33 bits per heavy atom. The van der Waals surface area contributed by atoms with Crippen LogP contribution in [-0.4, -0.2) is 28.9 Å². The Morgan fingerprint density at radius 2 is 2.12 bits per heavy atom. The molecule has 0 spiro atoms. The fourth-order valence-corrected chi connectivity index (χ4v) is 2.18. The SMILES string of the molecule is C#CCOc1ccc(Br)cc1/C=N\NC(=O)c1ccc(O)cc1O. The number of terminal acetylenes is 1. The molecule has 0 radical (unpaired) electrons. The molecular formula is C17H13BrN2O4. The molecular weight excluding hydrogens is 376 g/mol. The fourth-order valence-electron chi connectivity index (χ4n) is 1.80. The van der Waals surface area contributed by atoms with E-state index in [1.54, 1.807) is 18.2 Å². The lowest BCUT2D eigenvalue weighted by atomic mass is 10.2. The second kappa shape index (κ2) is 8.04. The Kier molecular flexibility index (Phi) is 5.82. The number of benzene rings is 2. The normalized spacial score (nSPS) is 10.3. The molecule has 2 aromatic rings. The summed E-state index contributed by atoms with van der Waals surface area (Å²) < 4.78 is 6.19. The van der Waals surface area contributed by atoms with Crippen LogP contribution in [0.25, 0.3) is 0 Å². The standard InChI is InChI=1S/C17H13BrN2O4/c1-2-7-24-16-6-3-12(18)8-11(16)10-19-20-17(23)14-5-4-13(21)9-15(14)22/h1,3-6,8-10,21-22H,7H2,(H,20,23)/b19-10-. The number of hydrazone groups is 1. The zero-order valence-electron chi connectivity index (χ0n) is 12.4. The minimum atomic E-state index is -0.621. The Bertz CT molecular complexity index is 828. The molecule has 0 fully saturated rings. The minimum absolute atomic E-state index is 0.0111. The van der Waals surface area contributed by atoms with Crippen LogP contribution in [0.3, 0.4) is 0 Å². The van der Waals surface area contributed by atoms with E-state index in [4.69, 9.17) is 11.2 Å². The van der Waals surface area contributed by atoms with Crippen molar-refractivity contribution in [2.75, 3.05) is 6.61 Å². The third kappa shape index (κ3) is 4.51. The maximum Gasteiger partial charge on any atom is 0.275 e. The molecule has 0 saturated carbocycles. The van der Waals surface area contributed by atoms with Gasteiger partial charge < -0.3 is 14.9 Å². The van der Waals surface area contributed by atoms with E-state index >= 15 is 0 Å². The average Bonchev–Trinajstić information content (AvgIpc) is 2.54. The summed E-state index contributed by atoms with van der Waals surface area (Å²) in [6.45, 7) is 0.107. The molecule has 6 nitrogen and oxygen atoms in total. The summed E-state index contributed by atoms with van der Waals surface area (Å²) in [5, 5.41) is 22.7. The molecule has 0 aliphatic heterocycles. The van der Waals surface area contributed by atoms with Crippen molar-refractivity contribution < 1.29 is 19.7 Å². The van der Waals surface area contributed by atoms with Gasteiger partial charge in [-0.2, -0.15) is 5.10 Å². The molecule has 2 aromatic carbocycles. The van der Waals surface area contributed by atoms with Crippen molar-refractivity contribution in [3.8, 4) is 29.6 Å². The highest BCUT2D eigenvalue weighted by Gasteiger charge is 2.10. The Balaban J connectivity index is 2.12. The largest absolute Gasteiger partial charge is 0.508 e. The number of phenols is 2. The van der Waals surface area contributed by atoms with Crippen LogP contribution >= 0.6 is 15.9 Å². The van der Waals surface area contributed by atoms with Crippen molar-refractivity contribution >= 4 is 28.1 Å². The molecule has 1 amide bonds. The van der Waals surface area contributed by atoms with E-state index in [1.165, 1.54) is 18.3 Å². The second-order valence-corrected chi connectivity index (χ2v) is 5.49. The zero-order chi connectivity index (χ0) is 17.5. The maximum atomic E-state index is 12.0. The summed E-state index contributed by atoms with van der Waals surface area (Å²) in [7, 11) is 0. The van der Waals surface area contributed by atoms with Gasteiger partial charge in [0.05, 0.1) is 11.8 Å². The van der Waals surface area contributed by atoms with E-state index in [-0.39, 0.29) is 23.7 Å². The third-order valence-corrected chi connectivity index (χ3v) is 3.37. The number of carbonyl (C=O) groups is 1. The first-order valence-corrected chi connectivity index (χ1v) is 7.51. The smallest absolute Gasteiger partial charge is 0.275 e. The van der Waals surface area contributed by atoms with E-state index < -0.39 is 5.91 Å². The van der Waals surface area contributed by atoms with Crippen LogP contribution in [0.15, 0.2) is 46.0 Å². The first-order chi connectivity index (χ1) is 11.5. The molecule has 0 aliphatic carbocycles. The van der Waals surface area contributed by atoms with Gasteiger partial charge in [0, 0.05) is 16.1 Å². The average molecular weight is 389 g/mol. The highest BCUT2D eigenvalue weighted by molar-refractivity contribution is 9.10. The lowest BCUT2D eigenvalue weighted by Gasteiger charge is -2.07. The predicted molar refractivity (Wildman–Crippen MR) is 93.3 cm³/mol. The number of phenolic OH excluding ortho intramolecular Hbond substituents is 2. The highest BCUT2D eigenvalue weighted by atomic mass is 79.9. The molecule has 122 valence electrons. The first-order valence-electron chi connectivity index (χ1n) is 6.72. The highest BCUT2D eigenvalue weighted by Crippen LogP contribution is 2.23. The number of ether oxygens (including phenoxy) is 1. The predicted octanol–water partition coefficient (Wildman–Crippen LogP) is 2.64. The van der Waals surface area contributed by atoms with E-state index in [9.17, 15) is 15.0 Å². The third-order valence-electron chi connectivity index (χ3n) is 2.88. The van der Waals surface area contributed by atoms with Crippen molar-refractivity contribution in [1.82, 2.24) is 5.43 Å². The summed E-state index contributed by atoms with van der Waals surface area (Å²) in [6, 6.07) is 8.90. The first kappa shape index (κ1) is 17.4. The number of aromatic hydroxyl groups is 2. The Labute approximate surface area is 146 Å². The van der Waals surface area contributed by atoms with E-state index in [0.717, 1.165) is 10.5 Å². The van der Waals surface area contributed by atoms with Crippen molar-refractivity contribution in [2.45, 2.75) is 0 Å². The molecule has 24 heavy (non-hydrogen) atoms. The van der Waals surface area contributed by atoms with Gasteiger partial charge in [-0.25, -0.2) is 5.43 Å². The molecule has 0 aliphatic rings. The fraction of sp³-hybridized carbons (Fsp3) is 0.0588. The van der Waals surface area contributed by atoms with Gasteiger partial charge in [0.25, 0.3) is 5.91 Å². The number of rotatable bonds is 5. The van der Waals surface area contributed by atoms with Gasteiger partial charge in [0.15, 0.2) is 0 Å². The summed E-state index contributed by atoms with van der Waals surface area (Å²) in [5.74, 6) is 1.78. The van der Waals surface area contributed by atoms with Crippen molar-refractivity contribution in [2.24, 2.45) is 5.10 Å². The van der Waals surface area contributed by atoms with E-state index in [1.807, 2.05) is 0 Å². The Morgan fingerprint density at radius 3 is 2.83 bits per heavy atom. The topological polar surface area (TPSA) is 91.2 Å². The van der Waals surface area contributed by atoms with Crippen LogP contribution in [0, 0.1) is 12.3 Å². The molecule has 0 saturated heterocycles. The summed E-state index contributed by atoms with van der Waals surface area (Å²) >= 11 is 3.34. The minimum Gasteiger partial charge on any atom is -0.508 e. The monoisotopic (exact) mass is 388 g/mol. The number of nitrogens with zero attached hydrogens (tertiary/aromatic N) is 1. The lowest BCUT2D eigenvalue weighted by molar-refractivity contribution is 0.0952. The van der Waals surface area contributed by atoms with Crippen molar-refractivity contribution in [3.05, 3.63) is 52.0 Å². The molecule has 7 heteroatoms. The van der Waals surface area contributed by atoms with Gasteiger partial charge in [-0.3, -0.25) is 4.79 Å². The van der Waals surface area contributed by atoms with Crippen LogP contribution in [0.5, 0.6) is 17.2 Å². The van der Waals surface area contributed by atoms with E-state index in [2.05, 4.69) is 32.4 Å². The quantitative estimate of drug-likeness (QED) is 0.417. The molecule has 0 heterocycles. The molecule has 0 atom stereocenters.